The Morgan fingerprint density at radius 1 is 1.00 bits per heavy atom. The molecule has 2 aromatic carbocycles. The minimum atomic E-state index is -0.596. The molecular weight excluding hydrogens is 276 g/mol. The minimum Gasteiger partial charge on any atom is -0.344 e. The molecule has 0 heterocycles. The Labute approximate surface area is 130 Å². The Hall–Kier alpha value is -2.62. The number of carbonyl (C=O) groups excluding carboxylic acids is 2. The van der Waals surface area contributed by atoms with E-state index in [-0.39, 0.29) is 11.8 Å². The van der Waals surface area contributed by atoms with Crippen molar-refractivity contribution >= 4 is 17.5 Å². The van der Waals surface area contributed by atoms with Crippen LogP contribution in [-0.2, 0) is 16.0 Å². The van der Waals surface area contributed by atoms with E-state index in [0.29, 0.717) is 6.42 Å². The van der Waals surface area contributed by atoms with Gasteiger partial charge in [-0.25, -0.2) is 0 Å². The molecule has 0 saturated heterocycles. The van der Waals surface area contributed by atoms with Crippen molar-refractivity contribution in [1.82, 2.24) is 5.32 Å². The van der Waals surface area contributed by atoms with Crippen molar-refractivity contribution in [2.75, 3.05) is 5.32 Å². The normalized spacial score (nSPS) is 11.5. The van der Waals surface area contributed by atoms with E-state index in [1.165, 1.54) is 6.92 Å². The molecule has 0 saturated carbocycles. The lowest BCUT2D eigenvalue weighted by molar-refractivity contribution is -0.125. The summed E-state index contributed by atoms with van der Waals surface area (Å²) in [6, 6.07) is 16.6. The topological polar surface area (TPSA) is 58.2 Å². The van der Waals surface area contributed by atoms with Gasteiger partial charge in [-0.1, -0.05) is 48.0 Å². The smallest absolute Gasteiger partial charge is 0.247 e. The van der Waals surface area contributed by atoms with E-state index >= 15 is 0 Å². The highest BCUT2D eigenvalue weighted by Crippen LogP contribution is 2.10. The van der Waals surface area contributed by atoms with Crippen molar-refractivity contribution in [2.45, 2.75) is 26.3 Å². The van der Waals surface area contributed by atoms with Crippen LogP contribution < -0.4 is 10.6 Å². The Bertz CT molecular complexity index is 636. The van der Waals surface area contributed by atoms with Crippen molar-refractivity contribution in [2.24, 2.45) is 0 Å². The molecule has 4 heteroatoms. The van der Waals surface area contributed by atoms with Crippen LogP contribution in [0.15, 0.2) is 54.6 Å². The summed E-state index contributed by atoms with van der Waals surface area (Å²) in [5.74, 6) is -0.442. The summed E-state index contributed by atoms with van der Waals surface area (Å²) in [5.41, 5.74) is 2.85. The van der Waals surface area contributed by atoms with Crippen LogP contribution in [-0.4, -0.2) is 17.9 Å². The lowest BCUT2D eigenvalue weighted by atomic mass is 10.0. The molecule has 0 aliphatic carbocycles. The van der Waals surface area contributed by atoms with Crippen LogP contribution in [0, 0.1) is 6.92 Å². The van der Waals surface area contributed by atoms with E-state index in [0.717, 1.165) is 16.8 Å². The highest BCUT2D eigenvalue weighted by Gasteiger charge is 2.20. The highest BCUT2D eigenvalue weighted by atomic mass is 16.2. The van der Waals surface area contributed by atoms with Crippen LogP contribution in [0.1, 0.15) is 18.1 Å². The zero-order chi connectivity index (χ0) is 15.9. The average molecular weight is 296 g/mol. The molecular formula is C18H20N2O2. The Balaban J connectivity index is 2.08. The first-order valence-corrected chi connectivity index (χ1v) is 7.23. The van der Waals surface area contributed by atoms with E-state index in [1.807, 2.05) is 61.5 Å². The van der Waals surface area contributed by atoms with Gasteiger partial charge in [-0.05, 0) is 24.6 Å². The van der Waals surface area contributed by atoms with Crippen LogP contribution in [0.4, 0.5) is 5.69 Å². The lowest BCUT2D eigenvalue weighted by Crippen LogP contribution is -2.44. The molecule has 0 fully saturated rings. The van der Waals surface area contributed by atoms with Crippen molar-refractivity contribution in [3.8, 4) is 0 Å². The summed E-state index contributed by atoms with van der Waals surface area (Å²) in [7, 11) is 0. The first-order chi connectivity index (χ1) is 10.5. The summed E-state index contributed by atoms with van der Waals surface area (Å²) in [5, 5.41) is 5.55. The second-order valence-electron chi connectivity index (χ2n) is 5.30. The summed E-state index contributed by atoms with van der Waals surface area (Å²) < 4.78 is 0. The Morgan fingerprint density at radius 2 is 1.64 bits per heavy atom. The molecule has 4 nitrogen and oxygen atoms in total. The number of benzene rings is 2. The first-order valence-electron chi connectivity index (χ1n) is 7.23. The number of anilines is 1. The zero-order valence-electron chi connectivity index (χ0n) is 12.8. The summed E-state index contributed by atoms with van der Waals surface area (Å²) in [4.78, 5) is 23.8. The largest absolute Gasteiger partial charge is 0.344 e. The molecule has 0 aromatic heterocycles. The number of aryl methyl sites for hydroxylation is 1. The predicted molar refractivity (Wildman–Crippen MR) is 87.6 cm³/mol. The molecule has 22 heavy (non-hydrogen) atoms. The molecule has 114 valence electrons. The van der Waals surface area contributed by atoms with Gasteiger partial charge in [0.05, 0.1) is 0 Å². The van der Waals surface area contributed by atoms with Crippen LogP contribution in [0.25, 0.3) is 0 Å². The summed E-state index contributed by atoms with van der Waals surface area (Å²) in [6.45, 7) is 3.40. The SMILES string of the molecule is CC(=O)N[C@@H](Cc1ccccc1)C(=O)Nc1ccc(C)cc1. The molecule has 0 radical (unpaired) electrons. The maximum Gasteiger partial charge on any atom is 0.247 e. The van der Waals surface area contributed by atoms with Crippen molar-refractivity contribution < 1.29 is 9.59 Å². The van der Waals surface area contributed by atoms with Gasteiger partial charge in [-0.15, -0.1) is 0 Å². The van der Waals surface area contributed by atoms with Crippen LogP contribution >= 0.6 is 0 Å². The van der Waals surface area contributed by atoms with Crippen molar-refractivity contribution in [3.63, 3.8) is 0 Å². The maximum absolute atomic E-state index is 12.4. The van der Waals surface area contributed by atoms with Crippen LogP contribution in [0.5, 0.6) is 0 Å². The molecule has 2 aromatic rings. The molecule has 2 N–H and O–H groups in total. The molecule has 2 amide bonds. The number of amides is 2. The third-order valence-corrected chi connectivity index (χ3v) is 3.30. The third kappa shape index (κ3) is 4.74. The molecule has 0 spiro atoms. The fraction of sp³-hybridized carbons (Fsp3) is 0.222. The number of hydrogen-bond donors (Lipinski definition) is 2. The van der Waals surface area contributed by atoms with E-state index in [1.54, 1.807) is 0 Å². The second-order valence-corrected chi connectivity index (χ2v) is 5.30. The Kier molecular flexibility index (Phi) is 5.31. The van der Waals surface area contributed by atoms with Gasteiger partial charge in [0.1, 0.15) is 6.04 Å². The van der Waals surface area contributed by atoms with Crippen molar-refractivity contribution in [1.29, 1.82) is 0 Å². The standard InChI is InChI=1S/C18H20N2O2/c1-13-8-10-16(11-9-13)20-18(22)17(19-14(2)21)12-15-6-4-3-5-7-15/h3-11,17H,12H2,1-2H3,(H,19,21)(H,20,22)/t17-/m0/s1. The van der Waals surface area contributed by atoms with Gasteiger partial charge in [-0.2, -0.15) is 0 Å². The van der Waals surface area contributed by atoms with E-state index in [9.17, 15) is 9.59 Å². The number of carbonyl (C=O) groups is 2. The molecule has 1 atom stereocenters. The van der Waals surface area contributed by atoms with Crippen molar-refractivity contribution in [3.05, 3.63) is 65.7 Å². The maximum atomic E-state index is 12.4. The van der Waals surface area contributed by atoms with Gasteiger partial charge in [0.2, 0.25) is 11.8 Å². The third-order valence-electron chi connectivity index (χ3n) is 3.30. The lowest BCUT2D eigenvalue weighted by Gasteiger charge is -2.18. The Morgan fingerprint density at radius 3 is 2.23 bits per heavy atom. The fourth-order valence-electron chi connectivity index (χ4n) is 2.17. The second kappa shape index (κ2) is 7.41. The number of nitrogens with one attached hydrogen (secondary N) is 2. The van der Waals surface area contributed by atoms with Crippen LogP contribution in [0.2, 0.25) is 0 Å². The molecule has 0 aliphatic rings. The monoisotopic (exact) mass is 296 g/mol. The quantitative estimate of drug-likeness (QED) is 0.891. The predicted octanol–water partition coefficient (Wildman–Crippen LogP) is 2.68. The first kappa shape index (κ1) is 15.8. The van der Waals surface area contributed by atoms with Gasteiger partial charge in [0.15, 0.2) is 0 Å². The number of hydrogen-bond acceptors (Lipinski definition) is 2. The fourth-order valence-corrected chi connectivity index (χ4v) is 2.17. The number of rotatable bonds is 5. The average Bonchev–Trinajstić information content (AvgIpc) is 2.49. The van der Waals surface area contributed by atoms with Gasteiger partial charge in [-0.3, -0.25) is 9.59 Å². The molecule has 0 bridgehead atoms. The van der Waals surface area contributed by atoms with Gasteiger partial charge < -0.3 is 10.6 Å². The van der Waals surface area contributed by atoms with E-state index in [4.69, 9.17) is 0 Å². The van der Waals surface area contributed by atoms with Gasteiger partial charge in [0.25, 0.3) is 0 Å². The summed E-state index contributed by atoms with van der Waals surface area (Å²) >= 11 is 0. The summed E-state index contributed by atoms with van der Waals surface area (Å²) in [6.07, 6.45) is 0.456. The zero-order valence-corrected chi connectivity index (χ0v) is 12.8. The molecule has 0 aliphatic heterocycles. The van der Waals surface area contributed by atoms with E-state index < -0.39 is 6.04 Å². The minimum absolute atomic E-state index is 0.220. The highest BCUT2D eigenvalue weighted by molar-refractivity contribution is 5.97. The van der Waals surface area contributed by atoms with Gasteiger partial charge in [0, 0.05) is 19.0 Å². The van der Waals surface area contributed by atoms with Gasteiger partial charge >= 0.3 is 0 Å². The molecule has 2 rings (SSSR count). The van der Waals surface area contributed by atoms with Crippen LogP contribution in [0.3, 0.4) is 0 Å². The molecule has 0 unspecified atom stereocenters. The van der Waals surface area contributed by atoms with E-state index in [2.05, 4.69) is 10.6 Å².